The summed E-state index contributed by atoms with van der Waals surface area (Å²) < 4.78 is 5.60. The van der Waals surface area contributed by atoms with Gasteiger partial charge >= 0.3 is 0 Å². The van der Waals surface area contributed by atoms with E-state index in [1.54, 1.807) is 43.2 Å². The van der Waals surface area contributed by atoms with Crippen LogP contribution in [0.15, 0.2) is 48.8 Å². The van der Waals surface area contributed by atoms with Crippen LogP contribution < -0.4 is 15.0 Å². The number of nitrogens with one attached hydrogen (secondary N) is 1. The highest BCUT2D eigenvalue weighted by Gasteiger charge is 2.31. The number of carbonyl (C=O) groups excluding carboxylic acids is 3. The van der Waals surface area contributed by atoms with Crippen LogP contribution in [0.1, 0.15) is 67.7 Å². The molecule has 0 aliphatic rings. The van der Waals surface area contributed by atoms with Gasteiger partial charge in [-0.25, -0.2) is 4.98 Å². The fourth-order valence-corrected chi connectivity index (χ4v) is 4.61. The number of ether oxygens (including phenoxy) is 1. The van der Waals surface area contributed by atoms with Crippen molar-refractivity contribution in [2.75, 3.05) is 23.9 Å². The topological polar surface area (TPSA) is 101 Å². The molecule has 1 atom stereocenters. The molecule has 212 valence electrons. The van der Waals surface area contributed by atoms with E-state index in [0.717, 1.165) is 17.4 Å². The molecule has 1 heterocycles. The Morgan fingerprint density at radius 1 is 1.12 bits per heavy atom. The minimum atomic E-state index is -0.600. The lowest BCUT2D eigenvalue weighted by atomic mass is 9.92. The number of halogens is 1. The van der Waals surface area contributed by atoms with Crippen LogP contribution >= 0.6 is 11.6 Å². The average molecular weight is 565 g/mol. The third kappa shape index (κ3) is 7.45. The lowest BCUT2D eigenvalue weighted by molar-refractivity contribution is -0.125. The second kappa shape index (κ2) is 13.0. The Kier molecular flexibility index (Phi) is 10.0. The van der Waals surface area contributed by atoms with Gasteiger partial charge in [-0.1, -0.05) is 64.4 Å². The summed E-state index contributed by atoms with van der Waals surface area (Å²) in [4.78, 5) is 48.8. The van der Waals surface area contributed by atoms with Gasteiger partial charge in [0.05, 0.1) is 41.5 Å². The van der Waals surface area contributed by atoms with Crippen LogP contribution in [0.3, 0.4) is 0 Å². The van der Waals surface area contributed by atoms with Gasteiger partial charge in [-0.15, -0.1) is 0 Å². The first-order valence-electron chi connectivity index (χ1n) is 13.2. The Morgan fingerprint density at radius 2 is 1.85 bits per heavy atom. The summed E-state index contributed by atoms with van der Waals surface area (Å²) in [5.74, 6) is 0.105. The number of hydrogen-bond acceptors (Lipinski definition) is 6. The molecular weight excluding hydrogens is 528 g/mol. The molecular formula is C31H37ClN4O4. The summed E-state index contributed by atoms with van der Waals surface area (Å²) in [5.41, 5.74) is 2.46. The molecule has 1 N–H and O–H groups in total. The lowest BCUT2D eigenvalue weighted by Gasteiger charge is -2.32. The van der Waals surface area contributed by atoms with Crippen LogP contribution in [0, 0.1) is 18.3 Å². The Balaban J connectivity index is 1.84. The zero-order valence-corrected chi connectivity index (χ0v) is 24.9. The van der Waals surface area contributed by atoms with Crippen molar-refractivity contribution >= 4 is 41.2 Å². The predicted octanol–water partition coefficient (Wildman–Crippen LogP) is 6.26. The Morgan fingerprint density at radius 3 is 2.40 bits per heavy atom. The number of carbonyl (C=O) groups is 3. The quantitative estimate of drug-likeness (QED) is 0.292. The number of rotatable bonds is 10. The molecule has 8 nitrogen and oxygen atoms in total. The monoisotopic (exact) mass is 564 g/mol. The molecule has 0 spiro atoms. The number of amides is 2. The van der Waals surface area contributed by atoms with E-state index in [0.29, 0.717) is 34.3 Å². The van der Waals surface area contributed by atoms with E-state index < -0.39 is 11.3 Å². The second-order valence-electron chi connectivity index (χ2n) is 11.2. The lowest BCUT2D eigenvalue weighted by Crippen LogP contribution is -2.42. The molecule has 9 heteroatoms. The first kappa shape index (κ1) is 30.8. The van der Waals surface area contributed by atoms with Crippen molar-refractivity contribution in [3.63, 3.8) is 0 Å². The van der Waals surface area contributed by atoms with Gasteiger partial charge in [0.2, 0.25) is 5.91 Å². The molecule has 0 bridgehead atoms. The number of methoxy groups -OCH3 is 1. The zero-order valence-electron chi connectivity index (χ0n) is 24.1. The molecule has 3 rings (SSSR count). The molecule has 1 aromatic heterocycles. The Hall–Kier alpha value is -3.78. The van der Waals surface area contributed by atoms with Crippen molar-refractivity contribution in [2.24, 2.45) is 11.3 Å². The van der Waals surface area contributed by atoms with Gasteiger partial charge in [-0.3, -0.25) is 14.6 Å². The summed E-state index contributed by atoms with van der Waals surface area (Å²) in [6, 6.07) is 10.7. The largest absolute Gasteiger partial charge is 0.495 e. The maximum absolute atomic E-state index is 13.4. The third-order valence-electron chi connectivity index (χ3n) is 6.35. The normalized spacial score (nSPS) is 12.1. The summed E-state index contributed by atoms with van der Waals surface area (Å²) in [6.07, 6.45) is 4.14. The van der Waals surface area contributed by atoms with E-state index in [4.69, 9.17) is 16.3 Å². The summed E-state index contributed by atoms with van der Waals surface area (Å²) >= 11 is 6.20. The van der Waals surface area contributed by atoms with E-state index in [1.165, 1.54) is 12.4 Å². The highest BCUT2D eigenvalue weighted by atomic mass is 35.5. The molecule has 0 fully saturated rings. The van der Waals surface area contributed by atoms with Crippen LogP contribution in [0.2, 0.25) is 5.02 Å². The minimum Gasteiger partial charge on any atom is -0.495 e. The fourth-order valence-electron chi connectivity index (χ4n) is 4.30. The van der Waals surface area contributed by atoms with Crippen LogP contribution in [0.25, 0.3) is 0 Å². The highest BCUT2D eigenvalue weighted by Crippen LogP contribution is 2.35. The van der Waals surface area contributed by atoms with Gasteiger partial charge in [-0.05, 0) is 42.2 Å². The van der Waals surface area contributed by atoms with Crippen molar-refractivity contribution in [3.05, 3.63) is 76.2 Å². The van der Waals surface area contributed by atoms with Gasteiger partial charge < -0.3 is 19.7 Å². The molecule has 2 amide bonds. The van der Waals surface area contributed by atoms with E-state index in [9.17, 15) is 14.4 Å². The maximum Gasteiger partial charge on any atom is 0.258 e. The van der Waals surface area contributed by atoms with Crippen molar-refractivity contribution in [2.45, 2.75) is 53.9 Å². The Bertz CT molecular complexity index is 1350. The number of aryl methyl sites for hydroxylation is 1. The number of benzene rings is 2. The van der Waals surface area contributed by atoms with E-state index in [1.807, 2.05) is 46.8 Å². The van der Waals surface area contributed by atoms with Crippen molar-refractivity contribution < 1.29 is 19.1 Å². The van der Waals surface area contributed by atoms with E-state index in [-0.39, 0.29) is 30.0 Å². The Labute approximate surface area is 241 Å². The molecule has 0 radical (unpaired) electrons. The SMILES string of the molecule is COc1ccc(C(C=O)Cc2cnc(NC(=O)c3c(C)cccc3Cl)cn2)cc1N(CC(C)C)C(=O)C(C)(C)C. The molecule has 0 saturated carbocycles. The number of nitrogens with zero attached hydrogens (tertiary/aromatic N) is 3. The second-order valence-corrected chi connectivity index (χ2v) is 11.6. The van der Waals surface area contributed by atoms with E-state index >= 15 is 0 Å². The smallest absolute Gasteiger partial charge is 0.258 e. The van der Waals surface area contributed by atoms with Crippen molar-refractivity contribution in [1.29, 1.82) is 0 Å². The summed E-state index contributed by atoms with van der Waals surface area (Å²) in [5, 5.41) is 3.07. The van der Waals surface area contributed by atoms with Crippen LogP contribution in [-0.4, -0.2) is 41.7 Å². The maximum atomic E-state index is 13.4. The fraction of sp³-hybridized carbons (Fsp3) is 0.387. The van der Waals surface area contributed by atoms with Gasteiger partial charge in [0.1, 0.15) is 12.0 Å². The van der Waals surface area contributed by atoms with Gasteiger partial charge in [0.15, 0.2) is 5.82 Å². The van der Waals surface area contributed by atoms with Crippen molar-refractivity contribution in [3.8, 4) is 5.75 Å². The van der Waals surface area contributed by atoms with Gasteiger partial charge in [-0.2, -0.15) is 0 Å². The summed E-state index contributed by atoms with van der Waals surface area (Å²) in [7, 11) is 1.56. The van der Waals surface area contributed by atoms with Crippen LogP contribution in [0.4, 0.5) is 11.5 Å². The summed E-state index contributed by atoms with van der Waals surface area (Å²) in [6.45, 7) is 12.1. The zero-order chi connectivity index (χ0) is 29.6. The third-order valence-corrected chi connectivity index (χ3v) is 6.66. The van der Waals surface area contributed by atoms with Gasteiger partial charge in [0.25, 0.3) is 5.91 Å². The molecule has 1 unspecified atom stereocenters. The van der Waals surface area contributed by atoms with Crippen LogP contribution in [0.5, 0.6) is 5.75 Å². The van der Waals surface area contributed by atoms with Crippen molar-refractivity contribution in [1.82, 2.24) is 9.97 Å². The first-order valence-corrected chi connectivity index (χ1v) is 13.6. The van der Waals surface area contributed by atoms with Crippen LogP contribution in [-0.2, 0) is 16.0 Å². The minimum absolute atomic E-state index is 0.0326. The molecule has 2 aromatic carbocycles. The predicted molar refractivity (Wildman–Crippen MR) is 158 cm³/mol. The molecule has 3 aromatic rings. The average Bonchev–Trinajstić information content (AvgIpc) is 2.90. The molecule has 0 aliphatic carbocycles. The first-order chi connectivity index (χ1) is 18.8. The molecule has 0 saturated heterocycles. The molecule has 0 aliphatic heterocycles. The van der Waals surface area contributed by atoms with Gasteiger partial charge in [0, 0.05) is 24.3 Å². The van der Waals surface area contributed by atoms with E-state index in [2.05, 4.69) is 15.3 Å². The number of hydrogen-bond donors (Lipinski definition) is 1. The standard InChI is InChI=1S/C31H37ClN4O4/c1-19(2)17-36(30(39)31(4,5)6)25-14-21(11-12-26(25)40-7)22(18-37)13-23-15-34-27(16-33-23)35-29(38)28-20(3)9-8-10-24(28)32/h8-12,14-16,18-19,22H,13,17H2,1-7H3,(H,34,35,38). The highest BCUT2D eigenvalue weighted by molar-refractivity contribution is 6.34. The molecule has 40 heavy (non-hydrogen) atoms. The number of anilines is 2. The number of aldehydes is 1. The number of aromatic nitrogens is 2.